The van der Waals surface area contributed by atoms with Crippen molar-refractivity contribution in [2.45, 2.75) is 225 Å². The molecular formula is C78H123NO8P+. The third-order valence-electron chi connectivity index (χ3n) is 13.3. The minimum absolute atomic E-state index is 0.0120. The SMILES string of the molecule is CC/C=C\C/C=C\C/C=C\C/C=C\C/C=C\C/C=C\C/C=C\C/C=C\C/C=C\C/C=C\CCCCCCCCCCC(=O)OC(COC(=O)CCCCC/C=C\C/C=C\C/C=C\C/C=C\C/C=C\C/C=C\C/C=C\CC)COP(=O)(O)OCC[N+](C)(C)C. The molecule has 10 heteroatoms. The molecule has 0 amide bonds. The molecule has 0 aliphatic carbocycles. The molecule has 0 aromatic heterocycles. The fraction of sp³-hybridized carbons (Fsp3) is 0.538. The first-order valence-corrected chi connectivity index (χ1v) is 35.3. The topological polar surface area (TPSA) is 108 Å². The van der Waals surface area contributed by atoms with Gasteiger partial charge < -0.3 is 18.9 Å². The molecule has 9 nitrogen and oxygen atoms in total. The lowest BCUT2D eigenvalue weighted by atomic mass is 10.1. The van der Waals surface area contributed by atoms with E-state index in [-0.39, 0.29) is 26.1 Å². The van der Waals surface area contributed by atoms with Crippen molar-refractivity contribution in [3.63, 3.8) is 0 Å². The fourth-order valence-electron chi connectivity index (χ4n) is 8.20. The van der Waals surface area contributed by atoms with Crippen LogP contribution in [0.1, 0.15) is 219 Å². The first kappa shape index (κ1) is 82.6. The summed E-state index contributed by atoms with van der Waals surface area (Å²) < 4.78 is 34.6. The van der Waals surface area contributed by atoms with Crippen LogP contribution in [0, 0.1) is 0 Å². The maximum Gasteiger partial charge on any atom is 0.472 e. The Morgan fingerprint density at radius 1 is 0.352 bits per heavy atom. The average Bonchev–Trinajstić information content (AvgIpc) is 3.68. The highest BCUT2D eigenvalue weighted by Crippen LogP contribution is 2.43. The van der Waals surface area contributed by atoms with Gasteiger partial charge in [0.1, 0.15) is 19.8 Å². The number of ether oxygens (including phenoxy) is 2. The molecule has 1 N–H and O–H groups in total. The molecule has 0 rings (SSSR count). The minimum atomic E-state index is -4.42. The number of allylic oxidation sites excluding steroid dienone is 34. The Morgan fingerprint density at radius 3 is 0.920 bits per heavy atom. The molecule has 0 aromatic carbocycles. The normalized spacial score (nSPS) is 14.5. The molecule has 0 saturated heterocycles. The van der Waals surface area contributed by atoms with Gasteiger partial charge in [-0.25, -0.2) is 4.57 Å². The predicted molar refractivity (Wildman–Crippen MR) is 380 cm³/mol. The van der Waals surface area contributed by atoms with E-state index in [1.54, 1.807) is 0 Å². The number of hydrogen-bond donors (Lipinski definition) is 1. The van der Waals surface area contributed by atoms with Crippen LogP contribution in [0.2, 0.25) is 0 Å². The number of carbonyl (C=O) groups excluding carboxylic acids is 2. The van der Waals surface area contributed by atoms with Crippen LogP contribution in [0.15, 0.2) is 207 Å². The second-order valence-corrected chi connectivity index (χ2v) is 24.2. The first-order chi connectivity index (χ1) is 43.0. The summed E-state index contributed by atoms with van der Waals surface area (Å²) in [6.45, 7) is 4.12. The molecule has 2 atom stereocenters. The second kappa shape index (κ2) is 66.0. The third kappa shape index (κ3) is 69.7. The fourth-order valence-corrected chi connectivity index (χ4v) is 8.94. The molecule has 0 aliphatic rings. The van der Waals surface area contributed by atoms with E-state index in [9.17, 15) is 19.0 Å². The summed E-state index contributed by atoms with van der Waals surface area (Å²) in [6.07, 6.45) is 105. The van der Waals surface area contributed by atoms with E-state index in [1.807, 2.05) is 21.1 Å². The molecule has 2 unspecified atom stereocenters. The van der Waals surface area contributed by atoms with Gasteiger partial charge in [0.05, 0.1) is 27.7 Å². The van der Waals surface area contributed by atoms with Crippen molar-refractivity contribution in [3.8, 4) is 0 Å². The van der Waals surface area contributed by atoms with Crippen LogP contribution in [0.25, 0.3) is 0 Å². The van der Waals surface area contributed by atoms with Gasteiger partial charge in [0.2, 0.25) is 0 Å². The number of unbranched alkanes of at least 4 members (excludes halogenated alkanes) is 11. The minimum Gasteiger partial charge on any atom is -0.462 e. The lowest BCUT2D eigenvalue weighted by molar-refractivity contribution is -0.870. The van der Waals surface area contributed by atoms with E-state index in [4.69, 9.17) is 18.5 Å². The summed E-state index contributed by atoms with van der Waals surface area (Å²) >= 11 is 0. The Labute approximate surface area is 538 Å². The van der Waals surface area contributed by atoms with E-state index in [1.165, 1.54) is 25.7 Å². The van der Waals surface area contributed by atoms with Crippen LogP contribution >= 0.6 is 7.82 Å². The number of phosphoric ester groups is 1. The average molecular weight is 1230 g/mol. The predicted octanol–water partition coefficient (Wildman–Crippen LogP) is 22.3. The van der Waals surface area contributed by atoms with Crippen molar-refractivity contribution in [1.29, 1.82) is 0 Å². The molecular weight excluding hydrogens is 1110 g/mol. The van der Waals surface area contributed by atoms with Crippen LogP contribution in [0.3, 0.4) is 0 Å². The quantitative estimate of drug-likeness (QED) is 0.0211. The van der Waals surface area contributed by atoms with Crippen molar-refractivity contribution >= 4 is 19.8 Å². The number of phosphoric acid groups is 1. The summed E-state index contributed by atoms with van der Waals surface area (Å²) in [5.41, 5.74) is 0. The van der Waals surface area contributed by atoms with Gasteiger partial charge in [0, 0.05) is 12.8 Å². The van der Waals surface area contributed by atoms with E-state index in [2.05, 4.69) is 220 Å². The standard InChI is InChI=1S/C78H122NO8P/c1-6-8-10-12-14-16-18-20-22-24-26-28-30-32-33-34-35-36-37-38-39-40-41-42-43-44-45-47-49-51-53-55-57-59-61-63-65-67-69-71-78(81)87-76(75-86-88(82,83)85-73-72-79(3,4)5)74-84-77(80)70-68-66-64-62-60-58-56-54-52-50-48-46-31-29-27-25-23-21-19-17-15-13-11-9-7-2/h8-11,14-17,20-23,26-29,32-33,35-36,38-39,41-42,44-46,48-49,51-52,54,58,60,76H,6-7,12-13,18-19,24-25,30-31,34,37,40,43,47,50,53,55-57,59,61-75H2,1-5H3/p+1/b10-8-,11-9-,16-14-,17-15-,22-20-,23-21-,28-26-,29-27-,33-32-,36-35-,39-38-,42-41-,45-44-,48-46-,51-49-,54-52-,60-58-. The Kier molecular flexibility index (Phi) is 62.0. The van der Waals surface area contributed by atoms with E-state index in [0.29, 0.717) is 23.9 Å². The van der Waals surface area contributed by atoms with Crippen LogP contribution < -0.4 is 0 Å². The smallest absolute Gasteiger partial charge is 0.462 e. The highest BCUT2D eigenvalue weighted by atomic mass is 31.2. The van der Waals surface area contributed by atoms with Crippen molar-refractivity contribution in [3.05, 3.63) is 207 Å². The summed E-state index contributed by atoms with van der Waals surface area (Å²) in [4.78, 5) is 35.8. The van der Waals surface area contributed by atoms with E-state index in [0.717, 1.165) is 154 Å². The maximum atomic E-state index is 12.9. The van der Waals surface area contributed by atoms with Crippen molar-refractivity contribution in [2.24, 2.45) is 0 Å². The second-order valence-electron chi connectivity index (χ2n) is 22.7. The number of quaternary nitrogens is 1. The molecule has 0 aliphatic heterocycles. The van der Waals surface area contributed by atoms with Gasteiger partial charge in [-0.2, -0.15) is 0 Å². The van der Waals surface area contributed by atoms with Gasteiger partial charge in [0.25, 0.3) is 0 Å². The van der Waals surface area contributed by atoms with E-state index >= 15 is 0 Å². The van der Waals surface area contributed by atoms with E-state index < -0.39 is 32.5 Å². The van der Waals surface area contributed by atoms with Gasteiger partial charge in [0.15, 0.2) is 6.10 Å². The van der Waals surface area contributed by atoms with Gasteiger partial charge in [-0.1, -0.05) is 265 Å². The number of carbonyl (C=O) groups is 2. The number of hydrogen-bond acceptors (Lipinski definition) is 7. The zero-order valence-electron chi connectivity index (χ0n) is 55.9. The summed E-state index contributed by atoms with van der Waals surface area (Å²) in [5, 5.41) is 0. The molecule has 88 heavy (non-hydrogen) atoms. The molecule has 0 radical (unpaired) electrons. The molecule has 0 aromatic rings. The summed E-state index contributed by atoms with van der Waals surface area (Å²) in [5.74, 6) is -0.863. The Hall–Kier alpha value is -5.41. The molecule has 0 spiro atoms. The van der Waals surface area contributed by atoms with Gasteiger partial charge in [-0.3, -0.25) is 18.6 Å². The zero-order chi connectivity index (χ0) is 64.1. The van der Waals surface area contributed by atoms with Crippen molar-refractivity contribution < 1.29 is 42.1 Å². The Morgan fingerprint density at radius 2 is 0.614 bits per heavy atom. The van der Waals surface area contributed by atoms with Gasteiger partial charge >= 0.3 is 19.8 Å². The highest BCUT2D eigenvalue weighted by molar-refractivity contribution is 7.47. The van der Waals surface area contributed by atoms with Crippen LogP contribution in [0.4, 0.5) is 0 Å². The number of nitrogens with zero attached hydrogens (tertiary/aromatic N) is 1. The third-order valence-corrected chi connectivity index (χ3v) is 14.3. The largest absolute Gasteiger partial charge is 0.472 e. The lowest BCUT2D eigenvalue weighted by Crippen LogP contribution is -2.37. The van der Waals surface area contributed by atoms with Crippen molar-refractivity contribution in [1.82, 2.24) is 0 Å². The number of esters is 2. The van der Waals surface area contributed by atoms with Crippen LogP contribution in [0.5, 0.6) is 0 Å². The van der Waals surface area contributed by atoms with Gasteiger partial charge in [-0.05, 0) is 148 Å². The summed E-state index contributed by atoms with van der Waals surface area (Å²) in [7, 11) is 1.42. The van der Waals surface area contributed by atoms with Crippen molar-refractivity contribution in [2.75, 3.05) is 47.5 Å². The molecule has 0 fully saturated rings. The Balaban J connectivity index is 4.22. The lowest BCUT2D eigenvalue weighted by Gasteiger charge is -2.24. The molecule has 492 valence electrons. The van der Waals surface area contributed by atoms with Crippen LogP contribution in [-0.2, 0) is 32.7 Å². The molecule has 0 saturated carbocycles. The molecule has 0 bridgehead atoms. The highest BCUT2D eigenvalue weighted by Gasteiger charge is 2.27. The Bertz CT molecular complexity index is 2240. The summed E-state index contributed by atoms with van der Waals surface area (Å²) in [6, 6.07) is 0. The van der Waals surface area contributed by atoms with Gasteiger partial charge in [-0.15, -0.1) is 0 Å². The monoisotopic (exact) mass is 1230 g/mol. The first-order valence-electron chi connectivity index (χ1n) is 33.8. The number of rotatable bonds is 59. The van der Waals surface area contributed by atoms with Crippen LogP contribution in [-0.4, -0.2) is 74.9 Å². The molecule has 0 heterocycles. The zero-order valence-corrected chi connectivity index (χ0v) is 56.8. The number of likely N-dealkylation sites (N-methyl/N-ethyl adjacent to an activating group) is 1. The maximum absolute atomic E-state index is 12.9.